The lowest BCUT2D eigenvalue weighted by Crippen LogP contribution is -2.31. The van der Waals surface area contributed by atoms with Crippen LogP contribution in [-0.4, -0.2) is 23.3 Å². The molecule has 0 spiro atoms. The van der Waals surface area contributed by atoms with Crippen LogP contribution in [0.4, 0.5) is 0 Å². The zero-order valence-electron chi connectivity index (χ0n) is 11.8. The van der Waals surface area contributed by atoms with Gasteiger partial charge in [-0.1, -0.05) is 12.1 Å². The maximum Gasteiger partial charge on any atom is 0.243 e. The van der Waals surface area contributed by atoms with Crippen LogP contribution in [0.5, 0.6) is 0 Å². The van der Waals surface area contributed by atoms with Gasteiger partial charge in [0.25, 0.3) is 0 Å². The fraction of sp³-hybridized carbons (Fsp3) is 0.857. The summed E-state index contributed by atoms with van der Waals surface area (Å²) in [6.07, 6.45) is 4.76. The normalized spacial score (nSPS) is 29.4. The Hall–Kier alpha value is -0.940. The van der Waals surface area contributed by atoms with Crippen molar-refractivity contribution in [2.24, 2.45) is 11.8 Å². The third kappa shape index (κ3) is 2.98. The summed E-state index contributed by atoms with van der Waals surface area (Å²) in [6, 6.07) is 0.214. The summed E-state index contributed by atoms with van der Waals surface area (Å²) in [5.41, 5.74) is 0. The van der Waals surface area contributed by atoms with Crippen LogP contribution in [0.15, 0.2) is 4.52 Å². The lowest BCUT2D eigenvalue weighted by molar-refractivity contribution is 0.0384. The lowest BCUT2D eigenvalue weighted by atomic mass is 9.94. The smallest absolute Gasteiger partial charge is 0.243 e. The molecule has 0 radical (unpaired) electrons. The average Bonchev–Trinajstić information content (AvgIpc) is 3.13. The zero-order chi connectivity index (χ0) is 13.2. The van der Waals surface area contributed by atoms with Crippen LogP contribution in [-0.2, 0) is 4.74 Å². The van der Waals surface area contributed by atoms with Gasteiger partial charge in [0, 0.05) is 6.61 Å². The second-order valence-electron chi connectivity index (χ2n) is 5.84. The molecule has 1 saturated carbocycles. The van der Waals surface area contributed by atoms with Gasteiger partial charge in [0.05, 0.1) is 6.04 Å². The topological polar surface area (TPSA) is 60.2 Å². The van der Waals surface area contributed by atoms with Gasteiger partial charge in [0.15, 0.2) is 0 Å². The molecule has 2 aliphatic rings. The molecule has 2 heterocycles. The molecule has 5 nitrogen and oxygen atoms in total. The predicted molar refractivity (Wildman–Crippen MR) is 70.5 cm³/mol. The number of rotatable bonds is 5. The molecule has 1 saturated heterocycles. The highest BCUT2D eigenvalue weighted by Crippen LogP contribution is 2.42. The van der Waals surface area contributed by atoms with E-state index in [1.54, 1.807) is 0 Å². The van der Waals surface area contributed by atoms with E-state index >= 15 is 0 Å². The molecule has 5 heteroatoms. The van der Waals surface area contributed by atoms with Crippen molar-refractivity contribution in [1.82, 2.24) is 15.5 Å². The Labute approximate surface area is 114 Å². The fourth-order valence-corrected chi connectivity index (χ4v) is 2.80. The van der Waals surface area contributed by atoms with Crippen molar-refractivity contribution in [1.29, 1.82) is 0 Å². The number of aromatic nitrogens is 2. The van der Waals surface area contributed by atoms with Crippen LogP contribution in [0.1, 0.15) is 63.4 Å². The Bertz CT molecular complexity index is 417. The number of nitrogens with zero attached hydrogens (tertiary/aromatic N) is 2. The summed E-state index contributed by atoms with van der Waals surface area (Å²) in [7, 11) is 0. The molecular weight excluding hydrogens is 242 g/mol. The third-order valence-electron chi connectivity index (χ3n) is 4.07. The zero-order valence-corrected chi connectivity index (χ0v) is 11.8. The highest BCUT2D eigenvalue weighted by molar-refractivity contribution is 5.01. The number of nitrogens with one attached hydrogen (secondary N) is 1. The second-order valence-corrected chi connectivity index (χ2v) is 5.84. The lowest BCUT2D eigenvalue weighted by Gasteiger charge is -2.25. The first-order chi connectivity index (χ1) is 9.28. The molecule has 0 aromatic carbocycles. The first-order valence-electron chi connectivity index (χ1n) is 7.46. The van der Waals surface area contributed by atoms with E-state index < -0.39 is 0 Å². The van der Waals surface area contributed by atoms with Gasteiger partial charge in [-0.15, -0.1) is 0 Å². The molecule has 3 unspecified atom stereocenters. The van der Waals surface area contributed by atoms with Crippen molar-refractivity contribution >= 4 is 0 Å². The molecule has 3 atom stereocenters. The molecule has 1 aromatic heterocycles. The van der Waals surface area contributed by atoms with Crippen LogP contribution in [0.2, 0.25) is 0 Å². The van der Waals surface area contributed by atoms with Crippen LogP contribution >= 0.6 is 0 Å². The highest BCUT2D eigenvalue weighted by Gasteiger charge is 2.37. The largest absolute Gasteiger partial charge is 0.370 e. The summed E-state index contributed by atoms with van der Waals surface area (Å²) >= 11 is 0. The SMILES string of the molecule is CCOC(c1noc(C2CC(C)CCN2)n1)C1CC1. The molecule has 1 aromatic rings. The van der Waals surface area contributed by atoms with E-state index in [4.69, 9.17) is 9.26 Å². The summed E-state index contributed by atoms with van der Waals surface area (Å²) < 4.78 is 11.2. The van der Waals surface area contributed by atoms with Crippen molar-refractivity contribution < 1.29 is 9.26 Å². The van der Waals surface area contributed by atoms with E-state index in [-0.39, 0.29) is 12.1 Å². The van der Waals surface area contributed by atoms with Gasteiger partial charge >= 0.3 is 0 Å². The number of hydrogen-bond acceptors (Lipinski definition) is 5. The van der Waals surface area contributed by atoms with Gasteiger partial charge in [-0.3, -0.25) is 0 Å². The summed E-state index contributed by atoms with van der Waals surface area (Å²) in [4.78, 5) is 4.58. The molecule has 0 bridgehead atoms. The summed E-state index contributed by atoms with van der Waals surface area (Å²) in [6.45, 7) is 6.02. The van der Waals surface area contributed by atoms with Crippen LogP contribution in [0.3, 0.4) is 0 Å². The Morgan fingerprint density at radius 3 is 2.95 bits per heavy atom. The Morgan fingerprint density at radius 1 is 1.42 bits per heavy atom. The quantitative estimate of drug-likeness (QED) is 0.886. The van der Waals surface area contributed by atoms with E-state index in [9.17, 15) is 0 Å². The Balaban J connectivity index is 1.70. The van der Waals surface area contributed by atoms with Gasteiger partial charge in [0.1, 0.15) is 6.10 Å². The fourth-order valence-electron chi connectivity index (χ4n) is 2.80. The molecular formula is C14H23N3O2. The molecule has 0 amide bonds. The van der Waals surface area contributed by atoms with Crippen LogP contribution in [0.25, 0.3) is 0 Å². The molecule has 3 rings (SSSR count). The maximum absolute atomic E-state index is 5.77. The van der Waals surface area contributed by atoms with E-state index in [2.05, 4.69) is 22.4 Å². The van der Waals surface area contributed by atoms with Gasteiger partial charge in [-0.25, -0.2) is 0 Å². The predicted octanol–water partition coefficient (Wildman–Crippen LogP) is 2.62. The number of ether oxygens (including phenoxy) is 1. The molecule has 1 N–H and O–H groups in total. The molecule has 19 heavy (non-hydrogen) atoms. The van der Waals surface area contributed by atoms with Crippen molar-refractivity contribution in [3.8, 4) is 0 Å². The molecule has 1 aliphatic carbocycles. The summed E-state index contributed by atoms with van der Waals surface area (Å²) in [5, 5.41) is 7.60. The van der Waals surface area contributed by atoms with Crippen molar-refractivity contribution in [2.75, 3.05) is 13.2 Å². The van der Waals surface area contributed by atoms with Crippen molar-refractivity contribution in [3.05, 3.63) is 11.7 Å². The van der Waals surface area contributed by atoms with E-state index in [1.807, 2.05) is 6.92 Å². The Kier molecular flexibility index (Phi) is 3.84. The first-order valence-corrected chi connectivity index (χ1v) is 7.46. The van der Waals surface area contributed by atoms with Crippen LogP contribution in [0, 0.1) is 11.8 Å². The highest BCUT2D eigenvalue weighted by atomic mass is 16.5. The van der Waals surface area contributed by atoms with Crippen molar-refractivity contribution in [2.45, 2.75) is 51.7 Å². The van der Waals surface area contributed by atoms with Gasteiger partial charge in [-0.05, 0) is 51.0 Å². The minimum absolute atomic E-state index is 0.0310. The van der Waals surface area contributed by atoms with E-state index in [0.29, 0.717) is 18.4 Å². The van der Waals surface area contributed by atoms with E-state index in [1.165, 1.54) is 19.3 Å². The summed E-state index contributed by atoms with van der Waals surface area (Å²) in [5.74, 6) is 2.77. The maximum atomic E-state index is 5.77. The number of hydrogen-bond donors (Lipinski definition) is 1. The monoisotopic (exact) mass is 265 g/mol. The molecule has 106 valence electrons. The minimum atomic E-state index is 0.0310. The van der Waals surface area contributed by atoms with Crippen molar-refractivity contribution in [3.63, 3.8) is 0 Å². The molecule has 1 aliphatic heterocycles. The van der Waals surface area contributed by atoms with Gasteiger partial charge in [-0.2, -0.15) is 4.98 Å². The van der Waals surface area contributed by atoms with E-state index in [0.717, 1.165) is 24.7 Å². The standard InChI is InChI=1S/C14H23N3O2/c1-3-18-12(10-4-5-10)13-16-14(19-17-13)11-8-9(2)6-7-15-11/h9-12,15H,3-8H2,1-2H3. The Morgan fingerprint density at radius 2 is 2.26 bits per heavy atom. The number of piperidine rings is 1. The average molecular weight is 265 g/mol. The minimum Gasteiger partial charge on any atom is -0.370 e. The van der Waals surface area contributed by atoms with Crippen LogP contribution < -0.4 is 5.32 Å². The molecule has 2 fully saturated rings. The third-order valence-corrected chi connectivity index (χ3v) is 4.07. The van der Waals surface area contributed by atoms with Gasteiger partial charge in [0.2, 0.25) is 11.7 Å². The second kappa shape index (κ2) is 5.59. The first kappa shape index (κ1) is 13.1. The van der Waals surface area contributed by atoms with Gasteiger partial charge < -0.3 is 14.6 Å².